The molecule has 1 aromatic carbocycles. The van der Waals surface area contributed by atoms with E-state index in [9.17, 15) is 5.11 Å². The average molecular weight is 246 g/mol. The summed E-state index contributed by atoms with van der Waals surface area (Å²) in [5.74, 6) is 0. The Balaban J connectivity index is 2.10. The summed E-state index contributed by atoms with van der Waals surface area (Å²) in [5.41, 5.74) is 1.78. The van der Waals surface area contributed by atoms with Crippen molar-refractivity contribution in [1.29, 1.82) is 0 Å². The van der Waals surface area contributed by atoms with Crippen LogP contribution >= 0.6 is 11.8 Å². The molecule has 88 valence electrons. The zero-order chi connectivity index (χ0) is 12.1. The number of hydrogen-bond acceptors (Lipinski definition) is 4. The van der Waals surface area contributed by atoms with Gasteiger partial charge in [-0.3, -0.25) is 0 Å². The van der Waals surface area contributed by atoms with Gasteiger partial charge in [0.15, 0.2) is 5.16 Å². The van der Waals surface area contributed by atoms with Gasteiger partial charge >= 0.3 is 0 Å². The third-order valence-corrected chi connectivity index (χ3v) is 3.02. The quantitative estimate of drug-likeness (QED) is 0.665. The Hall–Kier alpha value is -1.39. The van der Waals surface area contributed by atoms with Gasteiger partial charge in [0, 0.05) is 18.3 Å². The highest BCUT2D eigenvalue weighted by atomic mass is 32.2. The topological polar surface area (TPSA) is 46.0 Å². The number of aliphatic hydroxyl groups excluding tert-OH is 1. The predicted molar refractivity (Wildman–Crippen MR) is 68.9 cm³/mol. The van der Waals surface area contributed by atoms with Crippen LogP contribution in [0.2, 0.25) is 0 Å². The molecule has 0 spiro atoms. The first-order valence-electron chi connectivity index (χ1n) is 5.38. The van der Waals surface area contributed by atoms with Crippen molar-refractivity contribution in [2.75, 3.05) is 6.26 Å². The molecule has 0 amide bonds. The zero-order valence-corrected chi connectivity index (χ0v) is 10.4. The standard InChI is InChI=1S/C13H14N2OS/c1-17-13-14-8-7-11(15-13)9-12(16)10-5-3-2-4-6-10/h2-8,12,16H,9H2,1H3. The second-order valence-electron chi connectivity index (χ2n) is 3.67. The number of hydrogen-bond donors (Lipinski definition) is 1. The van der Waals surface area contributed by atoms with Crippen LogP contribution in [0.4, 0.5) is 0 Å². The molecule has 0 fully saturated rings. The summed E-state index contributed by atoms with van der Waals surface area (Å²) in [6.45, 7) is 0. The minimum atomic E-state index is -0.513. The van der Waals surface area contributed by atoms with Gasteiger partial charge < -0.3 is 5.11 Å². The maximum atomic E-state index is 10.1. The highest BCUT2D eigenvalue weighted by Crippen LogP contribution is 2.17. The molecule has 4 heteroatoms. The first-order valence-corrected chi connectivity index (χ1v) is 6.61. The van der Waals surface area contributed by atoms with Crippen LogP contribution in [0.3, 0.4) is 0 Å². The minimum absolute atomic E-state index is 0.513. The molecule has 1 heterocycles. The maximum Gasteiger partial charge on any atom is 0.187 e. The summed E-state index contributed by atoms with van der Waals surface area (Å²) in [7, 11) is 0. The van der Waals surface area contributed by atoms with E-state index >= 15 is 0 Å². The van der Waals surface area contributed by atoms with Crippen molar-refractivity contribution in [1.82, 2.24) is 9.97 Å². The van der Waals surface area contributed by atoms with Crippen LogP contribution < -0.4 is 0 Å². The molecular formula is C13H14N2OS. The molecule has 0 saturated heterocycles. The first kappa shape index (κ1) is 12.1. The second kappa shape index (κ2) is 5.80. The monoisotopic (exact) mass is 246 g/mol. The molecule has 0 aliphatic carbocycles. The minimum Gasteiger partial charge on any atom is -0.388 e. The van der Waals surface area contributed by atoms with Crippen LogP contribution in [-0.4, -0.2) is 21.3 Å². The number of aliphatic hydroxyl groups is 1. The Morgan fingerprint density at radius 2 is 2.00 bits per heavy atom. The smallest absolute Gasteiger partial charge is 0.187 e. The lowest BCUT2D eigenvalue weighted by molar-refractivity contribution is 0.177. The highest BCUT2D eigenvalue weighted by molar-refractivity contribution is 7.98. The van der Waals surface area contributed by atoms with Gasteiger partial charge in [-0.05, 0) is 17.9 Å². The number of benzene rings is 1. The fourth-order valence-electron chi connectivity index (χ4n) is 1.58. The van der Waals surface area contributed by atoms with Crippen molar-refractivity contribution in [3.8, 4) is 0 Å². The van der Waals surface area contributed by atoms with Crippen molar-refractivity contribution >= 4 is 11.8 Å². The van der Waals surface area contributed by atoms with E-state index in [0.29, 0.717) is 6.42 Å². The van der Waals surface area contributed by atoms with Gasteiger partial charge in [-0.15, -0.1) is 0 Å². The van der Waals surface area contributed by atoms with E-state index < -0.39 is 6.10 Å². The molecule has 1 aromatic heterocycles. The third-order valence-electron chi connectivity index (χ3n) is 2.46. The third kappa shape index (κ3) is 3.28. The van der Waals surface area contributed by atoms with Crippen molar-refractivity contribution in [3.05, 3.63) is 53.9 Å². The van der Waals surface area contributed by atoms with Crippen molar-refractivity contribution < 1.29 is 5.11 Å². The normalized spacial score (nSPS) is 12.4. The fourth-order valence-corrected chi connectivity index (χ4v) is 1.95. The van der Waals surface area contributed by atoms with Gasteiger partial charge in [0.05, 0.1) is 6.10 Å². The van der Waals surface area contributed by atoms with Gasteiger partial charge in [-0.25, -0.2) is 9.97 Å². The van der Waals surface area contributed by atoms with Gasteiger partial charge in [0.25, 0.3) is 0 Å². The van der Waals surface area contributed by atoms with Crippen LogP contribution in [0.25, 0.3) is 0 Å². The van der Waals surface area contributed by atoms with Crippen LogP contribution in [0.1, 0.15) is 17.4 Å². The number of aromatic nitrogens is 2. The van der Waals surface area contributed by atoms with E-state index in [0.717, 1.165) is 16.4 Å². The predicted octanol–water partition coefficient (Wildman–Crippen LogP) is 2.47. The largest absolute Gasteiger partial charge is 0.388 e. The summed E-state index contributed by atoms with van der Waals surface area (Å²) in [6.07, 6.45) is 3.67. The molecule has 1 atom stereocenters. The Bertz CT molecular complexity index is 476. The average Bonchev–Trinajstić information content (AvgIpc) is 2.40. The summed E-state index contributed by atoms with van der Waals surface area (Å²) < 4.78 is 0. The Labute approximate surface area is 105 Å². The number of nitrogens with zero attached hydrogens (tertiary/aromatic N) is 2. The van der Waals surface area contributed by atoms with Crippen LogP contribution in [0.15, 0.2) is 47.8 Å². The SMILES string of the molecule is CSc1nccc(CC(O)c2ccccc2)n1. The maximum absolute atomic E-state index is 10.1. The van der Waals surface area contributed by atoms with E-state index in [2.05, 4.69) is 9.97 Å². The molecule has 0 aliphatic heterocycles. The Morgan fingerprint density at radius 1 is 1.24 bits per heavy atom. The highest BCUT2D eigenvalue weighted by Gasteiger charge is 2.09. The molecule has 3 nitrogen and oxygen atoms in total. The number of thioether (sulfide) groups is 1. The Morgan fingerprint density at radius 3 is 2.71 bits per heavy atom. The summed E-state index contributed by atoms with van der Waals surface area (Å²) >= 11 is 1.50. The molecule has 1 unspecified atom stereocenters. The van der Waals surface area contributed by atoms with Gasteiger partial charge in [-0.2, -0.15) is 0 Å². The second-order valence-corrected chi connectivity index (χ2v) is 4.44. The molecule has 0 aliphatic rings. The van der Waals surface area contributed by atoms with Gasteiger partial charge in [0.1, 0.15) is 0 Å². The number of rotatable bonds is 4. The van der Waals surface area contributed by atoms with Gasteiger partial charge in [-0.1, -0.05) is 42.1 Å². The molecule has 0 radical (unpaired) electrons. The first-order chi connectivity index (χ1) is 8.29. The fraction of sp³-hybridized carbons (Fsp3) is 0.231. The lowest BCUT2D eigenvalue weighted by Crippen LogP contribution is -2.04. The van der Waals surface area contributed by atoms with E-state index in [-0.39, 0.29) is 0 Å². The van der Waals surface area contributed by atoms with E-state index in [1.54, 1.807) is 6.20 Å². The summed E-state index contributed by atoms with van der Waals surface area (Å²) in [6, 6.07) is 11.5. The lowest BCUT2D eigenvalue weighted by Gasteiger charge is -2.10. The zero-order valence-electron chi connectivity index (χ0n) is 9.58. The van der Waals surface area contributed by atoms with Crippen molar-refractivity contribution in [2.24, 2.45) is 0 Å². The summed E-state index contributed by atoms with van der Waals surface area (Å²) in [5, 5.41) is 10.8. The van der Waals surface area contributed by atoms with Crippen LogP contribution in [0, 0.1) is 0 Å². The van der Waals surface area contributed by atoms with Crippen LogP contribution in [-0.2, 0) is 6.42 Å². The molecular weight excluding hydrogens is 232 g/mol. The van der Waals surface area contributed by atoms with E-state index in [4.69, 9.17) is 0 Å². The van der Waals surface area contributed by atoms with E-state index in [1.807, 2.05) is 42.7 Å². The molecule has 2 rings (SSSR count). The van der Waals surface area contributed by atoms with Crippen LogP contribution in [0.5, 0.6) is 0 Å². The van der Waals surface area contributed by atoms with E-state index in [1.165, 1.54) is 11.8 Å². The van der Waals surface area contributed by atoms with Crippen molar-refractivity contribution in [3.63, 3.8) is 0 Å². The molecule has 2 aromatic rings. The van der Waals surface area contributed by atoms with Crippen molar-refractivity contribution in [2.45, 2.75) is 17.7 Å². The molecule has 0 saturated carbocycles. The lowest BCUT2D eigenvalue weighted by atomic mass is 10.1. The van der Waals surface area contributed by atoms with Gasteiger partial charge in [0.2, 0.25) is 0 Å². The molecule has 0 bridgehead atoms. The summed E-state index contributed by atoms with van der Waals surface area (Å²) in [4.78, 5) is 8.46. The Kier molecular flexibility index (Phi) is 4.12. The molecule has 17 heavy (non-hydrogen) atoms. The molecule has 1 N–H and O–H groups in total.